The first-order chi connectivity index (χ1) is 13.5. The lowest BCUT2D eigenvalue weighted by atomic mass is 10.1. The van der Waals surface area contributed by atoms with Crippen molar-refractivity contribution in [3.8, 4) is 5.69 Å². The van der Waals surface area contributed by atoms with E-state index in [4.69, 9.17) is 0 Å². The van der Waals surface area contributed by atoms with E-state index in [0.29, 0.717) is 10.7 Å². The summed E-state index contributed by atoms with van der Waals surface area (Å²) in [6.07, 6.45) is 3.45. The molecule has 0 radical (unpaired) electrons. The molecule has 140 valence electrons. The molecule has 4 aromatic rings. The summed E-state index contributed by atoms with van der Waals surface area (Å²) < 4.78 is 3.18. The summed E-state index contributed by atoms with van der Waals surface area (Å²) in [7, 11) is 0. The van der Waals surface area contributed by atoms with Crippen LogP contribution in [0.5, 0.6) is 0 Å². The maximum Gasteiger partial charge on any atom is 0.300 e. The largest absolute Gasteiger partial charge is 0.300 e. The van der Waals surface area contributed by atoms with Gasteiger partial charge < -0.3 is 0 Å². The Balaban J connectivity index is 1.62. The van der Waals surface area contributed by atoms with E-state index in [-0.39, 0.29) is 22.7 Å². The van der Waals surface area contributed by atoms with Crippen LogP contribution in [0.3, 0.4) is 0 Å². The van der Waals surface area contributed by atoms with Crippen molar-refractivity contribution < 1.29 is 4.79 Å². The monoisotopic (exact) mass is 390 g/mol. The molecule has 0 aliphatic rings. The lowest BCUT2D eigenvalue weighted by Gasteiger charge is -2.08. The van der Waals surface area contributed by atoms with Crippen molar-refractivity contribution in [3.05, 3.63) is 88.0 Å². The lowest BCUT2D eigenvalue weighted by molar-refractivity contribution is 0.102. The summed E-state index contributed by atoms with van der Waals surface area (Å²) in [6, 6.07) is 15.0. The summed E-state index contributed by atoms with van der Waals surface area (Å²) in [4.78, 5) is 25.2. The number of benzene rings is 2. The zero-order chi connectivity index (χ0) is 19.7. The zero-order valence-corrected chi connectivity index (χ0v) is 16.3. The molecule has 0 bridgehead atoms. The van der Waals surface area contributed by atoms with Gasteiger partial charge in [-0.25, -0.2) is 0 Å². The van der Waals surface area contributed by atoms with Crippen molar-refractivity contribution in [1.82, 2.24) is 19.2 Å². The molecule has 2 heterocycles. The van der Waals surface area contributed by atoms with Crippen molar-refractivity contribution in [2.24, 2.45) is 0 Å². The minimum atomic E-state index is -0.250. The molecule has 0 saturated heterocycles. The van der Waals surface area contributed by atoms with E-state index in [0.717, 1.165) is 11.3 Å². The molecule has 0 aliphatic carbocycles. The van der Waals surface area contributed by atoms with Gasteiger partial charge in [-0.05, 0) is 37.1 Å². The average molecular weight is 390 g/mol. The molecule has 28 heavy (non-hydrogen) atoms. The maximum absolute atomic E-state index is 12.9. The second kappa shape index (κ2) is 7.44. The molecule has 0 aliphatic heterocycles. The number of aromatic nitrogens is 4. The predicted molar refractivity (Wildman–Crippen MR) is 110 cm³/mol. The first-order valence-electron chi connectivity index (χ1n) is 8.79. The zero-order valence-electron chi connectivity index (χ0n) is 15.5. The highest BCUT2D eigenvalue weighted by molar-refractivity contribution is 7.99. The minimum absolute atomic E-state index is 0.00539. The maximum atomic E-state index is 12.9. The Hall–Kier alpha value is -3.19. The molecule has 0 unspecified atom stereocenters. The number of rotatable bonds is 5. The van der Waals surface area contributed by atoms with Crippen LogP contribution in [0.25, 0.3) is 11.3 Å². The smallest absolute Gasteiger partial charge is 0.293 e. The van der Waals surface area contributed by atoms with Gasteiger partial charge in [0.15, 0.2) is 10.9 Å². The van der Waals surface area contributed by atoms with Gasteiger partial charge in [0.25, 0.3) is 0 Å². The van der Waals surface area contributed by atoms with Gasteiger partial charge >= 0.3 is 5.56 Å². The molecule has 2 aromatic carbocycles. The van der Waals surface area contributed by atoms with E-state index in [2.05, 4.69) is 10.2 Å². The third-order valence-corrected chi connectivity index (χ3v) is 5.58. The molecule has 0 N–H and O–H groups in total. The first-order valence-corrected chi connectivity index (χ1v) is 9.78. The fraction of sp³-hybridized carbons (Fsp3) is 0.143. The van der Waals surface area contributed by atoms with Crippen molar-refractivity contribution >= 4 is 23.2 Å². The Kier molecular flexibility index (Phi) is 4.83. The van der Waals surface area contributed by atoms with Crippen molar-refractivity contribution in [2.45, 2.75) is 19.0 Å². The fourth-order valence-corrected chi connectivity index (χ4v) is 3.69. The molecule has 0 fully saturated rings. The summed E-state index contributed by atoms with van der Waals surface area (Å²) in [5, 5.41) is 8.66. The summed E-state index contributed by atoms with van der Waals surface area (Å²) in [5.41, 5.74) is 3.70. The number of thioether (sulfide) groups is 1. The Morgan fingerprint density at radius 3 is 2.54 bits per heavy atom. The van der Waals surface area contributed by atoms with Gasteiger partial charge in [-0.2, -0.15) is 0 Å². The Morgan fingerprint density at radius 1 is 1.00 bits per heavy atom. The van der Waals surface area contributed by atoms with E-state index in [1.165, 1.54) is 17.3 Å². The van der Waals surface area contributed by atoms with Crippen LogP contribution in [0.4, 0.5) is 0 Å². The second-order valence-corrected chi connectivity index (χ2v) is 7.44. The van der Waals surface area contributed by atoms with Crippen molar-refractivity contribution in [2.75, 3.05) is 5.75 Å². The number of ketones is 1. The van der Waals surface area contributed by atoms with Gasteiger partial charge in [0.05, 0.1) is 5.75 Å². The molecular weight excluding hydrogens is 372 g/mol. The summed E-state index contributed by atoms with van der Waals surface area (Å²) in [6.45, 7) is 4.04. The van der Waals surface area contributed by atoms with Crippen LogP contribution in [-0.4, -0.2) is 30.7 Å². The average Bonchev–Trinajstić information content (AvgIpc) is 3.13. The highest BCUT2D eigenvalue weighted by atomic mass is 32.2. The van der Waals surface area contributed by atoms with E-state index in [1.807, 2.05) is 50.2 Å². The van der Waals surface area contributed by atoms with E-state index >= 15 is 0 Å². The second-order valence-electron chi connectivity index (χ2n) is 6.50. The fourth-order valence-electron chi connectivity index (χ4n) is 2.88. The topological polar surface area (TPSA) is 69.3 Å². The standard InChI is InChI=1S/C21H18N4O2S/c1-14-8-9-17(12-15(14)2)24-10-11-25-19(20(24)27)22-23-21(25)28-13-18(26)16-6-4-3-5-7-16/h3-12H,13H2,1-2H3. The molecule has 0 amide bonds. The van der Waals surface area contributed by atoms with Crippen molar-refractivity contribution in [1.29, 1.82) is 0 Å². The third kappa shape index (κ3) is 3.36. The molecule has 4 rings (SSSR count). The van der Waals surface area contributed by atoms with Gasteiger partial charge in [-0.3, -0.25) is 18.6 Å². The molecule has 0 saturated carbocycles. The first kappa shape index (κ1) is 18.2. The van der Waals surface area contributed by atoms with E-state index in [1.54, 1.807) is 33.5 Å². The van der Waals surface area contributed by atoms with Gasteiger partial charge in [0.1, 0.15) is 0 Å². The highest BCUT2D eigenvalue weighted by Crippen LogP contribution is 2.18. The number of hydrogen-bond acceptors (Lipinski definition) is 5. The number of Topliss-reactive ketones (excluding diaryl/α,β-unsaturated/α-hetero) is 1. The van der Waals surface area contributed by atoms with E-state index < -0.39 is 0 Å². The van der Waals surface area contributed by atoms with Crippen LogP contribution in [0.15, 0.2) is 70.9 Å². The van der Waals surface area contributed by atoms with Gasteiger partial charge in [-0.15, -0.1) is 10.2 Å². The van der Waals surface area contributed by atoms with Gasteiger partial charge in [-0.1, -0.05) is 48.2 Å². The molecule has 0 atom stereocenters. The Morgan fingerprint density at radius 2 is 1.79 bits per heavy atom. The van der Waals surface area contributed by atoms with Crippen LogP contribution in [0.1, 0.15) is 21.5 Å². The minimum Gasteiger partial charge on any atom is -0.293 e. The van der Waals surface area contributed by atoms with Crippen LogP contribution < -0.4 is 5.56 Å². The normalized spacial score (nSPS) is 11.1. The molecule has 7 heteroatoms. The van der Waals surface area contributed by atoms with Crippen molar-refractivity contribution in [3.63, 3.8) is 0 Å². The molecule has 2 aromatic heterocycles. The number of nitrogens with zero attached hydrogens (tertiary/aromatic N) is 4. The molecule has 0 spiro atoms. The summed E-state index contributed by atoms with van der Waals surface area (Å²) in [5.74, 6) is 0.233. The number of carbonyl (C=O) groups is 1. The Labute approximate surface area is 165 Å². The number of fused-ring (bicyclic) bond motifs is 1. The number of aryl methyl sites for hydroxylation is 2. The predicted octanol–water partition coefficient (Wildman–Crippen LogP) is 3.47. The number of hydrogen-bond donors (Lipinski definition) is 0. The van der Waals surface area contributed by atoms with E-state index in [9.17, 15) is 9.59 Å². The van der Waals surface area contributed by atoms with Crippen LogP contribution in [0, 0.1) is 13.8 Å². The van der Waals surface area contributed by atoms with Crippen LogP contribution >= 0.6 is 11.8 Å². The highest BCUT2D eigenvalue weighted by Gasteiger charge is 2.14. The molecular formula is C21H18N4O2S. The lowest BCUT2D eigenvalue weighted by Crippen LogP contribution is -2.20. The Bertz CT molecular complexity index is 1230. The third-order valence-electron chi connectivity index (χ3n) is 4.64. The number of carbonyl (C=O) groups excluding carboxylic acids is 1. The molecule has 6 nitrogen and oxygen atoms in total. The van der Waals surface area contributed by atoms with Gasteiger partial charge in [0, 0.05) is 23.6 Å². The van der Waals surface area contributed by atoms with Crippen LogP contribution in [0.2, 0.25) is 0 Å². The van der Waals surface area contributed by atoms with Gasteiger partial charge in [0.2, 0.25) is 5.65 Å². The SMILES string of the molecule is Cc1ccc(-n2ccn3c(SCC(=O)c4ccccc4)nnc3c2=O)cc1C. The summed E-state index contributed by atoms with van der Waals surface area (Å²) >= 11 is 1.27. The van der Waals surface area contributed by atoms with Crippen LogP contribution in [-0.2, 0) is 0 Å². The quantitative estimate of drug-likeness (QED) is 0.385.